The summed E-state index contributed by atoms with van der Waals surface area (Å²) in [5.74, 6) is 0.554. The van der Waals surface area contributed by atoms with E-state index in [1.807, 2.05) is 31.3 Å². The summed E-state index contributed by atoms with van der Waals surface area (Å²) >= 11 is 0. The molecule has 0 amide bonds. The van der Waals surface area contributed by atoms with E-state index in [-0.39, 0.29) is 18.6 Å². The molecular formula is C25H31F3N8. The van der Waals surface area contributed by atoms with Crippen molar-refractivity contribution >= 4 is 22.9 Å². The first-order valence-electron chi connectivity index (χ1n) is 12.4. The van der Waals surface area contributed by atoms with Crippen molar-refractivity contribution in [3.8, 4) is 11.3 Å². The lowest BCUT2D eigenvalue weighted by atomic mass is 10.0. The van der Waals surface area contributed by atoms with Crippen LogP contribution >= 0.6 is 0 Å². The number of piperidine rings is 1. The third-order valence-corrected chi connectivity index (χ3v) is 6.79. The molecule has 5 heterocycles. The molecular weight excluding hydrogens is 469 g/mol. The highest BCUT2D eigenvalue weighted by Gasteiger charge is 2.24. The van der Waals surface area contributed by atoms with Crippen molar-refractivity contribution in [1.29, 1.82) is 0 Å². The summed E-state index contributed by atoms with van der Waals surface area (Å²) in [7, 11) is 0. The van der Waals surface area contributed by atoms with Crippen LogP contribution in [0, 0.1) is 0 Å². The maximum absolute atomic E-state index is 13.3. The van der Waals surface area contributed by atoms with Crippen molar-refractivity contribution < 1.29 is 13.2 Å². The second-order valence-electron chi connectivity index (χ2n) is 9.61. The number of hydrogen-bond acceptors (Lipinski definition) is 7. The van der Waals surface area contributed by atoms with Crippen LogP contribution in [-0.2, 0) is 6.42 Å². The number of pyridine rings is 1. The van der Waals surface area contributed by atoms with Crippen LogP contribution in [0.15, 0.2) is 35.6 Å². The normalized spacial score (nSPS) is 19.9. The van der Waals surface area contributed by atoms with Crippen LogP contribution in [0.2, 0.25) is 0 Å². The molecule has 2 aliphatic rings. The standard InChI is InChI=1S/C25H31F3N8/c1-15(26)14-35-8-5-17(6-9-35)32-25-30-12-23-18(7-10-36(23)34-25)19-3-4-20-22(33-19)11-21(16(2)31-20)29-13-24(27)28/h3-4,7,10,12,15,17,21,24,29H,5-6,8-9,11,13-14H2,1-2H3,(H,32,34). The van der Waals surface area contributed by atoms with Gasteiger partial charge in [0.1, 0.15) is 6.17 Å². The van der Waals surface area contributed by atoms with E-state index < -0.39 is 12.6 Å². The molecule has 2 N–H and O–H groups in total. The molecule has 1 saturated heterocycles. The maximum Gasteiger partial charge on any atom is 0.250 e. The Labute approximate surface area is 208 Å². The predicted octanol–water partition coefficient (Wildman–Crippen LogP) is 3.90. The van der Waals surface area contributed by atoms with Gasteiger partial charge in [-0.3, -0.25) is 9.98 Å². The number of alkyl halides is 3. The third kappa shape index (κ3) is 5.52. The first kappa shape index (κ1) is 24.6. The molecule has 2 unspecified atom stereocenters. The van der Waals surface area contributed by atoms with Gasteiger partial charge < -0.3 is 15.5 Å². The number of halogens is 3. The highest BCUT2D eigenvalue weighted by atomic mass is 19.3. The molecule has 0 aromatic carbocycles. The minimum Gasteiger partial charge on any atom is -0.350 e. The Morgan fingerprint density at radius 2 is 1.94 bits per heavy atom. The number of rotatable bonds is 8. The van der Waals surface area contributed by atoms with Crippen molar-refractivity contribution in [3.05, 3.63) is 36.3 Å². The topological polar surface area (TPSA) is 82.7 Å². The summed E-state index contributed by atoms with van der Waals surface area (Å²) in [6, 6.07) is 5.77. The zero-order valence-corrected chi connectivity index (χ0v) is 20.5. The van der Waals surface area contributed by atoms with Gasteiger partial charge in [0.05, 0.1) is 41.4 Å². The average molecular weight is 501 g/mol. The molecule has 3 aromatic heterocycles. The van der Waals surface area contributed by atoms with Crippen LogP contribution in [0.25, 0.3) is 16.8 Å². The summed E-state index contributed by atoms with van der Waals surface area (Å²) in [4.78, 5) is 16.1. The van der Waals surface area contributed by atoms with Crippen molar-refractivity contribution in [2.24, 2.45) is 4.99 Å². The number of aliphatic imine (C=N–C) groups is 1. The summed E-state index contributed by atoms with van der Waals surface area (Å²) in [6.45, 7) is 5.26. The SMILES string of the molecule is CC1=Nc2ccc(-c3ccn4nc(NC5CCN(CC(C)F)CC5)ncc34)nc2CC1NCC(F)F. The number of aromatic nitrogens is 4. The van der Waals surface area contributed by atoms with Gasteiger partial charge in [-0.2, -0.15) is 0 Å². The minimum absolute atomic E-state index is 0.251. The Balaban J connectivity index is 1.29. The summed E-state index contributed by atoms with van der Waals surface area (Å²) in [6.07, 6.45) is 2.76. The van der Waals surface area contributed by atoms with Gasteiger partial charge >= 0.3 is 0 Å². The summed E-state index contributed by atoms with van der Waals surface area (Å²) in [5, 5.41) is 10.9. The lowest BCUT2D eigenvalue weighted by Crippen LogP contribution is -2.41. The largest absolute Gasteiger partial charge is 0.350 e. The van der Waals surface area contributed by atoms with Gasteiger partial charge in [-0.15, -0.1) is 5.10 Å². The molecule has 5 rings (SSSR count). The number of anilines is 1. The quantitative estimate of drug-likeness (QED) is 0.488. The fourth-order valence-electron chi connectivity index (χ4n) is 4.94. The summed E-state index contributed by atoms with van der Waals surface area (Å²) < 4.78 is 40.4. The van der Waals surface area contributed by atoms with Crippen molar-refractivity contribution in [3.63, 3.8) is 0 Å². The number of likely N-dealkylation sites (tertiary alicyclic amines) is 1. The smallest absolute Gasteiger partial charge is 0.250 e. The van der Waals surface area contributed by atoms with E-state index in [4.69, 9.17) is 4.98 Å². The van der Waals surface area contributed by atoms with E-state index in [2.05, 4.69) is 30.6 Å². The Morgan fingerprint density at radius 3 is 2.69 bits per heavy atom. The molecule has 2 aliphatic heterocycles. The molecule has 1 fully saturated rings. The average Bonchev–Trinajstić information content (AvgIpc) is 3.26. The van der Waals surface area contributed by atoms with Gasteiger partial charge in [0.25, 0.3) is 6.43 Å². The first-order valence-corrected chi connectivity index (χ1v) is 12.4. The predicted molar refractivity (Wildman–Crippen MR) is 134 cm³/mol. The summed E-state index contributed by atoms with van der Waals surface area (Å²) in [5.41, 5.74) is 4.80. The fourth-order valence-corrected chi connectivity index (χ4v) is 4.94. The van der Waals surface area contributed by atoms with Crippen LogP contribution in [0.3, 0.4) is 0 Å². The molecule has 0 spiro atoms. The molecule has 0 bridgehead atoms. The van der Waals surface area contributed by atoms with Gasteiger partial charge in [-0.1, -0.05) is 0 Å². The Morgan fingerprint density at radius 1 is 1.14 bits per heavy atom. The minimum atomic E-state index is -2.41. The van der Waals surface area contributed by atoms with E-state index in [1.54, 1.807) is 17.6 Å². The molecule has 192 valence electrons. The number of nitrogens with one attached hydrogen (secondary N) is 2. The van der Waals surface area contributed by atoms with Gasteiger partial charge in [-0.05, 0) is 44.9 Å². The number of hydrogen-bond donors (Lipinski definition) is 2. The van der Waals surface area contributed by atoms with Gasteiger partial charge in [-0.25, -0.2) is 22.7 Å². The van der Waals surface area contributed by atoms with Crippen molar-refractivity contribution in [2.75, 3.05) is 31.5 Å². The van der Waals surface area contributed by atoms with E-state index in [0.29, 0.717) is 18.9 Å². The lowest BCUT2D eigenvalue weighted by Gasteiger charge is -2.32. The first-order chi connectivity index (χ1) is 17.4. The highest BCUT2D eigenvalue weighted by molar-refractivity contribution is 5.92. The van der Waals surface area contributed by atoms with Gasteiger partial charge in [0, 0.05) is 49.6 Å². The maximum atomic E-state index is 13.3. The molecule has 36 heavy (non-hydrogen) atoms. The molecule has 0 radical (unpaired) electrons. The lowest BCUT2D eigenvalue weighted by molar-refractivity contribution is 0.144. The Bertz CT molecular complexity index is 1230. The van der Waals surface area contributed by atoms with Crippen LogP contribution in [-0.4, -0.2) is 81.1 Å². The second-order valence-corrected chi connectivity index (χ2v) is 9.61. The fraction of sp³-hybridized carbons (Fsp3) is 0.520. The van der Waals surface area contributed by atoms with Crippen LogP contribution in [0.1, 0.15) is 32.4 Å². The van der Waals surface area contributed by atoms with E-state index in [9.17, 15) is 13.2 Å². The molecule has 2 atom stereocenters. The molecule has 3 aromatic rings. The molecule has 11 heteroatoms. The van der Waals surface area contributed by atoms with E-state index >= 15 is 0 Å². The zero-order chi connectivity index (χ0) is 25.2. The monoisotopic (exact) mass is 500 g/mol. The Hall–Kier alpha value is -3.05. The van der Waals surface area contributed by atoms with E-state index in [1.165, 1.54) is 0 Å². The van der Waals surface area contributed by atoms with Gasteiger partial charge in [0.15, 0.2) is 0 Å². The van der Waals surface area contributed by atoms with Gasteiger partial charge in [0.2, 0.25) is 5.95 Å². The molecule has 8 nitrogen and oxygen atoms in total. The van der Waals surface area contributed by atoms with Crippen molar-refractivity contribution in [2.45, 2.75) is 57.8 Å². The third-order valence-electron chi connectivity index (χ3n) is 6.79. The highest BCUT2D eigenvalue weighted by Crippen LogP contribution is 2.30. The van der Waals surface area contributed by atoms with Crippen molar-refractivity contribution in [1.82, 2.24) is 29.8 Å². The molecule has 0 saturated carbocycles. The zero-order valence-electron chi connectivity index (χ0n) is 20.5. The molecule has 0 aliphatic carbocycles. The van der Waals surface area contributed by atoms with Crippen LogP contribution in [0.4, 0.5) is 24.8 Å². The number of fused-ring (bicyclic) bond motifs is 2. The van der Waals surface area contributed by atoms with Crippen LogP contribution < -0.4 is 10.6 Å². The Kier molecular flexibility index (Phi) is 7.20. The van der Waals surface area contributed by atoms with E-state index in [0.717, 1.165) is 59.8 Å². The van der Waals surface area contributed by atoms with Crippen LogP contribution in [0.5, 0.6) is 0 Å². The second kappa shape index (κ2) is 10.5. The number of nitrogens with zero attached hydrogens (tertiary/aromatic N) is 6.